The molecule has 8 heteroatoms. The van der Waals surface area contributed by atoms with Crippen LogP contribution in [0.1, 0.15) is 28.9 Å². The molecule has 2 aromatic carbocycles. The summed E-state index contributed by atoms with van der Waals surface area (Å²) in [4.78, 5) is 26.6. The highest BCUT2D eigenvalue weighted by Gasteiger charge is 2.29. The number of aromatic amines is 1. The summed E-state index contributed by atoms with van der Waals surface area (Å²) < 4.78 is 26.9. The minimum Gasteiger partial charge on any atom is -0.339 e. The number of rotatable bonds is 3. The molecule has 29 heavy (non-hydrogen) atoms. The summed E-state index contributed by atoms with van der Waals surface area (Å²) in [6.45, 7) is 2.61. The molecule has 0 atom stereocenters. The second kappa shape index (κ2) is 7.62. The summed E-state index contributed by atoms with van der Waals surface area (Å²) in [6, 6.07) is 8.46. The Labute approximate surface area is 165 Å². The van der Waals surface area contributed by atoms with Crippen LogP contribution in [0.15, 0.2) is 36.4 Å². The second-order valence-electron chi connectivity index (χ2n) is 7.26. The lowest BCUT2D eigenvalue weighted by Gasteiger charge is -2.31. The van der Waals surface area contributed by atoms with Gasteiger partial charge in [-0.2, -0.15) is 5.10 Å². The number of anilines is 1. The summed E-state index contributed by atoms with van der Waals surface area (Å²) in [5.74, 6) is -2.44. The van der Waals surface area contributed by atoms with E-state index in [0.717, 1.165) is 28.7 Å². The Morgan fingerprint density at radius 3 is 2.62 bits per heavy atom. The number of halogens is 2. The molecule has 1 aliphatic rings. The highest BCUT2D eigenvalue weighted by atomic mass is 19.1. The summed E-state index contributed by atoms with van der Waals surface area (Å²) in [5, 5.41) is 11.0. The molecule has 6 nitrogen and oxygen atoms in total. The van der Waals surface area contributed by atoms with Gasteiger partial charge in [0.1, 0.15) is 11.6 Å². The quantitative estimate of drug-likeness (QED) is 0.707. The van der Waals surface area contributed by atoms with E-state index in [-0.39, 0.29) is 17.4 Å². The molecule has 4 rings (SSSR count). The number of carbonyl (C=O) groups is 2. The number of amides is 2. The number of likely N-dealkylation sites (tertiary alicyclic amines) is 1. The van der Waals surface area contributed by atoms with Gasteiger partial charge in [0.15, 0.2) is 0 Å². The predicted octanol–water partition coefficient (Wildman–Crippen LogP) is 3.64. The molecule has 150 valence electrons. The zero-order chi connectivity index (χ0) is 20.5. The third kappa shape index (κ3) is 3.83. The molecule has 3 aromatic rings. The van der Waals surface area contributed by atoms with Gasteiger partial charge in [-0.15, -0.1) is 0 Å². The molecule has 2 N–H and O–H groups in total. The van der Waals surface area contributed by atoms with Crippen molar-refractivity contribution in [3.05, 3.63) is 59.3 Å². The second-order valence-corrected chi connectivity index (χ2v) is 7.26. The van der Waals surface area contributed by atoms with Gasteiger partial charge in [0.2, 0.25) is 5.91 Å². The Bertz CT molecular complexity index is 1090. The van der Waals surface area contributed by atoms with E-state index in [9.17, 15) is 18.4 Å². The fourth-order valence-corrected chi connectivity index (χ4v) is 3.65. The number of nitrogens with one attached hydrogen (secondary N) is 2. The van der Waals surface area contributed by atoms with Crippen LogP contribution in [0.25, 0.3) is 10.9 Å². The van der Waals surface area contributed by atoms with Crippen LogP contribution in [0.3, 0.4) is 0 Å². The average Bonchev–Trinajstić information content (AvgIpc) is 3.08. The molecule has 2 heterocycles. The average molecular weight is 398 g/mol. The van der Waals surface area contributed by atoms with E-state index in [1.165, 1.54) is 4.90 Å². The van der Waals surface area contributed by atoms with Crippen molar-refractivity contribution in [1.82, 2.24) is 15.1 Å². The molecular weight excluding hydrogens is 378 g/mol. The SMILES string of the molecule is Cc1[nH]nc2cc(NC(=O)C3CCN(C(=O)c4ccc(F)cc4F)CC3)ccc12. The monoisotopic (exact) mass is 398 g/mol. The minimum atomic E-state index is -0.876. The topological polar surface area (TPSA) is 78.1 Å². The van der Waals surface area contributed by atoms with Gasteiger partial charge >= 0.3 is 0 Å². The van der Waals surface area contributed by atoms with E-state index in [1.807, 2.05) is 25.1 Å². The number of hydrogen-bond acceptors (Lipinski definition) is 3. The molecule has 1 fully saturated rings. The van der Waals surface area contributed by atoms with Crippen molar-refractivity contribution in [3.63, 3.8) is 0 Å². The van der Waals surface area contributed by atoms with Crippen molar-refractivity contribution in [2.24, 2.45) is 5.92 Å². The number of piperidine rings is 1. The largest absolute Gasteiger partial charge is 0.339 e. The number of fused-ring (bicyclic) bond motifs is 1. The lowest BCUT2D eigenvalue weighted by Crippen LogP contribution is -2.41. The molecule has 0 bridgehead atoms. The van der Waals surface area contributed by atoms with Crippen molar-refractivity contribution >= 4 is 28.4 Å². The van der Waals surface area contributed by atoms with Gasteiger partial charge < -0.3 is 10.2 Å². The van der Waals surface area contributed by atoms with Crippen LogP contribution in [-0.2, 0) is 4.79 Å². The Balaban J connectivity index is 1.37. The highest BCUT2D eigenvalue weighted by Crippen LogP contribution is 2.24. The van der Waals surface area contributed by atoms with Gasteiger partial charge in [-0.25, -0.2) is 8.78 Å². The summed E-state index contributed by atoms with van der Waals surface area (Å²) >= 11 is 0. The lowest BCUT2D eigenvalue weighted by atomic mass is 9.95. The van der Waals surface area contributed by atoms with Gasteiger partial charge in [0, 0.05) is 41.8 Å². The Hall–Kier alpha value is -3.29. The van der Waals surface area contributed by atoms with Gasteiger partial charge in [0.05, 0.1) is 11.1 Å². The van der Waals surface area contributed by atoms with Crippen LogP contribution < -0.4 is 5.32 Å². The van der Waals surface area contributed by atoms with E-state index in [0.29, 0.717) is 37.7 Å². The van der Waals surface area contributed by atoms with E-state index in [2.05, 4.69) is 15.5 Å². The Morgan fingerprint density at radius 1 is 1.14 bits per heavy atom. The number of benzene rings is 2. The molecule has 2 amide bonds. The van der Waals surface area contributed by atoms with Crippen molar-refractivity contribution in [1.29, 1.82) is 0 Å². The first-order valence-corrected chi connectivity index (χ1v) is 9.42. The maximum Gasteiger partial charge on any atom is 0.256 e. The molecule has 1 saturated heterocycles. The van der Waals surface area contributed by atoms with Crippen LogP contribution in [0.4, 0.5) is 14.5 Å². The number of H-pyrrole nitrogens is 1. The molecule has 1 aromatic heterocycles. The first kappa shape index (κ1) is 19.0. The van der Waals surface area contributed by atoms with Crippen LogP contribution in [0, 0.1) is 24.5 Å². The van der Waals surface area contributed by atoms with Crippen molar-refractivity contribution in [2.75, 3.05) is 18.4 Å². The first-order chi connectivity index (χ1) is 13.9. The predicted molar refractivity (Wildman–Crippen MR) is 104 cm³/mol. The van der Waals surface area contributed by atoms with E-state index < -0.39 is 17.5 Å². The normalized spacial score (nSPS) is 14.9. The van der Waals surface area contributed by atoms with Crippen LogP contribution in [0.2, 0.25) is 0 Å². The van der Waals surface area contributed by atoms with Gasteiger partial charge in [-0.1, -0.05) is 0 Å². The van der Waals surface area contributed by atoms with Crippen molar-refractivity contribution < 1.29 is 18.4 Å². The van der Waals surface area contributed by atoms with Crippen LogP contribution >= 0.6 is 0 Å². The molecule has 0 unspecified atom stereocenters. The number of aryl methyl sites for hydroxylation is 1. The van der Waals surface area contributed by atoms with Crippen LogP contribution in [0.5, 0.6) is 0 Å². The lowest BCUT2D eigenvalue weighted by molar-refractivity contribution is -0.121. The van der Waals surface area contributed by atoms with E-state index in [4.69, 9.17) is 0 Å². The molecule has 0 aliphatic carbocycles. The van der Waals surface area contributed by atoms with Crippen molar-refractivity contribution in [3.8, 4) is 0 Å². The third-order valence-corrected chi connectivity index (χ3v) is 5.33. The van der Waals surface area contributed by atoms with Gasteiger partial charge in [-0.3, -0.25) is 14.7 Å². The number of nitrogens with zero attached hydrogens (tertiary/aromatic N) is 2. The molecule has 0 spiro atoms. The maximum absolute atomic E-state index is 13.9. The van der Waals surface area contributed by atoms with Crippen LogP contribution in [-0.4, -0.2) is 40.0 Å². The number of carbonyl (C=O) groups excluding carboxylic acids is 2. The van der Waals surface area contributed by atoms with Gasteiger partial charge in [-0.05, 0) is 50.1 Å². The number of hydrogen-bond donors (Lipinski definition) is 2. The fraction of sp³-hybridized carbons (Fsp3) is 0.286. The van der Waals surface area contributed by atoms with Crippen molar-refractivity contribution in [2.45, 2.75) is 19.8 Å². The maximum atomic E-state index is 13.9. The van der Waals surface area contributed by atoms with Gasteiger partial charge in [0.25, 0.3) is 5.91 Å². The van der Waals surface area contributed by atoms with E-state index in [1.54, 1.807) is 0 Å². The summed E-state index contributed by atoms with van der Waals surface area (Å²) in [5.41, 5.74) is 2.26. The molecule has 1 aliphatic heterocycles. The first-order valence-electron chi connectivity index (χ1n) is 9.42. The zero-order valence-corrected chi connectivity index (χ0v) is 15.8. The Kier molecular flexibility index (Phi) is 5.00. The Morgan fingerprint density at radius 2 is 1.90 bits per heavy atom. The smallest absolute Gasteiger partial charge is 0.256 e. The zero-order valence-electron chi connectivity index (χ0n) is 15.8. The third-order valence-electron chi connectivity index (χ3n) is 5.33. The standard InChI is InChI=1S/C21H20F2N4O2/c1-12-16-5-3-15(11-19(16)26-25-12)24-20(28)13-6-8-27(9-7-13)21(29)17-4-2-14(22)10-18(17)23/h2-5,10-11,13H,6-9H2,1H3,(H,24,28)(H,25,26). The molecule has 0 saturated carbocycles. The highest BCUT2D eigenvalue weighted by molar-refractivity contribution is 5.96. The number of aromatic nitrogens is 2. The fourth-order valence-electron chi connectivity index (χ4n) is 3.65. The summed E-state index contributed by atoms with van der Waals surface area (Å²) in [6.07, 6.45) is 0.953. The summed E-state index contributed by atoms with van der Waals surface area (Å²) in [7, 11) is 0. The molecular formula is C21H20F2N4O2. The minimum absolute atomic E-state index is 0.114. The van der Waals surface area contributed by atoms with E-state index >= 15 is 0 Å². The molecule has 0 radical (unpaired) electrons.